The molecule has 2 atom stereocenters. The summed E-state index contributed by atoms with van der Waals surface area (Å²) in [7, 11) is 2.64. The molecule has 1 fully saturated rings. The van der Waals surface area contributed by atoms with Crippen LogP contribution in [0, 0.1) is 18.7 Å². The number of hydrogen-bond donors (Lipinski definition) is 1. The largest absolute Gasteiger partial charge is 0.497 e. The van der Waals surface area contributed by atoms with Gasteiger partial charge in [0, 0.05) is 11.1 Å². The maximum atomic E-state index is 14.4. The molecule has 2 aromatic carbocycles. The number of carbonyl (C=O) groups excluding carboxylic acids is 1. The Morgan fingerprint density at radius 3 is 2.24 bits per heavy atom. The molecule has 0 spiro atoms. The van der Waals surface area contributed by atoms with Crippen LogP contribution in [0.3, 0.4) is 0 Å². The van der Waals surface area contributed by atoms with Gasteiger partial charge in [-0.25, -0.2) is 9.37 Å². The first-order chi connectivity index (χ1) is 20.0. The minimum absolute atomic E-state index is 0.166. The van der Waals surface area contributed by atoms with Gasteiger partial charge in [-0.1, -0.05) is 58.2 Å². The van der Waals surface area contributed by atoms with Gasteiger partial charge in [0.25, 0.3) is 0 Å². The van der Waals surface area contributed by atoms with Gasteiger partial charge in [-0.05, 0) is 54.8 Å². The molecule has 0 saturated heterocycles. The summed E-state index contributed by atoms with van der Waals surface area (Å²) in [5, 5.41) is 9.98. The monoisotopic (exact) mass is 593 g/mol. The molecule has 4 rings (SSSR count). The van der Waals surface area contributed by atoms with Crippen molar-refractivity contribution in [2.75, 3.05) is 20.8 Å². The number of ether oxygens (including phenoxy) is 3. The van der Waals surface area contributed by atoms with E-state index in [0.29, 0.717) is 17.5 Å². The van der Waals surface area contributed by atoms with Crippen LogP contribution >= 0.6 is 0 Å². The van der Waals surface area contributed by atoms with Crippen molar-refractivity contribution in [3.8, 4) is 22.8 Å². The molecule has 1 saturated carbocycles. The lowest BCUT2D eigenvalue weighted by Gasteiger charge is -2.23. The van der Waals surface area contributed by atoms with Gasteiger partial charge in [0.2, 0.25) is 0 Å². The van der Waals surface area contributed by atoms with E-state index in [1.807, 2.05) is 13.8 Å². The Bertz CT molecular complexity index is 1310. The summed E-state index contributed by atoms with van der Waals surface area (Å²) in [4.78, 5) is 15.5. The fraction of sp³-hybridized carbons (Fsp3) is 0.438. The van der Waals surface area contributed by atoms with Crippen LogP contribution in [0.15, 0.2) is 48.5 Å². The van der Waals surface area contributed by atoms with Crippen molar-refractivity contribution in [1.29, 1.82) is 0 Å². The Morgan fingerprint density at radius 2 is 1.69 bits per heavy atom. The highest BCUT2D eigenvalue weighted by Crippen LogP contribution is 2.38. The molecule has 2 unspecified atom stereocenters. The maximum absolute atomic E-state index is 14.4. The van der Waals surface area contributed by atoms with E-state index in [0.717, 1.165) is 12.1 Å². The van der Waals surface area contributed by atoms with Crippen LogP contribution in [-0.2, 0) is 22.1 Å². The minimum atomic E-state index is -4.91. The number of aromatic nitrogens is 1. The number of hydrogen-bond acceptors (Lipinski definition) is 6. The minimum Gasteiger partial charge on any atom is -0.497 e. The van der Waals surface area contributed by atoms with Gasteiger partial charge in [0.1, 0.15) is 23.4 Å². The molecule has 0 bridgehead atoms. The summed E-state index contributed by atoms with van der Waals surface area (Å²) in [5.74, 6) is -1.11. The molecule has 42 heavy (non-hydrogen) atoms. The van der Waals surface area contributed by atoms with Crippen molar-refractivity contribution >= 4 is 5.97 Å². The average Bonchev–Trinajstić information content (AvgIpc) is 3.87. The topological polar surface area (TPSA) is 77.9 Å². The number of carbonyl (C=O) groups is 1. The Hall–Kier alpha value is -3.66. The average molecular weight is 594 g/mol. The smallest absolute Gasteiger partial charge is 0.433 e. The molecule has 230 valence electrons. The summed E-state index contributed by atoms with van der Waals surface area (Å²) in [6, 6.07) is 11.1. The lowest BCUT2D eigenvalue weighted by molar-refractivity contribution is -0.145. The first-order valence-electron chi connectivity index (χ1n) is 13.8. The fourth-order valence-electron chi connectivity index (χ4n) is 3.82. The van der Waals surface area contributed by atoms with Crippen LogP contribution in [0.25, 0.3) is 11.3 Å². The third kappa shape index (κ3) is 9.72. The van der Waals surface area contributed by atoms with Crippen LogP contribution in [-0.4, -0.2) is 36.9 Å². The first-order valence-corrected chi connectivity index (χ1v) is 13.8. The third-order valence-corrected chi connectivity index (χ3v) is 6.18. The number of aliphatic hydroxyl groups excluding tert-OH is 1. The van der Waals surface area contributed by atoms with Gasteiger partial charge < -0.3 is 19.3 Å². The van der Waals surface area contributed by atoms with Crippen molar-refractivity contribution in [3.63, 3.8) is 0 Å². The predicted molar refractivity (Wildman–Crippen MR) is 153 cm³/mol. The number of pyridine rings is 1. The number of methoxy groups -OCH3 is 2. The molecule has 3 aromatic rings. The van der Waals surface area contributed by atoms with E-state index in [1.165, 1.54) is 51.7 Å². The molecular weight excluding hydrogens is 554 g/mol. The summed E-state index contributed by atoms with van der Waals surface area (Å²) in [6.07, 6.45) is -1.51. The summed E-state index contributed by atoms with van der Waals surface area (Å²) >= 11 is 0. The zero-order valence-corrected chi connectivity index (χ0v) is 24.8. The second kappa shape index (κ2) is 16.1. The van der Waals surface area contributed by atoms with Gasteiger partial charge in [0.15, 0.2) is 5.69 Å². The molecule has 0 aliphatic heterocycles. The van der Waals surface area contributed by atoms with E-state index < -0.39 is 47.8 Å². The number of alkyl halides is 3. The fourth-order valence-corrected chi connectivity index (χ4v) is 3.82. The molecule has 1 aliphatic rings. The molecule has 0 amide bonds. The van der Waals surface area contributed by atoms with Crippen molar-refractivity contribution in [2.45, 2.75) is 65.7 Å². The highest BCUT2D eigenvalue weighted by Gasteiger charge is 2.38. The van der Waals surface area contributed by atoms with E-state index in [4.69, 9.17) is 14.2 Å². The Morgan fingerprint density at radius 1 is 1.02 bits per heavy atom. The number of benzene rings is 2. The standard InChI is InChI=1S/C27H27F4NO5.C3H6.C2H6/c1-15-5-6-17(11-16(2)26(34)36-4)12-23(15)37-24(14-33)19-8-10-22(32-25(19)27(29,30)31)20-13-18(35-3)7-9-21(20)28;1-2-3-1;1-2/h5-10,12-13,16,24,33H,11,14H2,1-4H3;1-3H2;1-2H3. The molecule has 1 N–H and O–H groups in total. The number of nitrogens with zero attached hydrogens (tertiary/aromatic N) is 1. The van der Waals surface area contributed by atoms with Gasteiger partial charge >= 0.3 is 12.1 Å². The zero-order valence-electron chi connectivity index (χ0n) is 24.8. The molecule has 10 heteroatoms. The number of rotatable bonds is 9. The highest BCUT2D eigenvalue weighted by molar-refractivity contribution is 5.72. The van der Waals surface area contributed by atoms with Gasteiger partial charge in [-0.15, -0.1) is 0 Å². The lowest BCUT2D eigenvalue weighted by atomic mass is 9.99. The van der Waals surface area contributed by atoms with Crippen LogP contribution in [0.2, 0.25) is 0 Å². The summed E-state index contributed by atoms with van der Waals surface area (Å²) in [6.45, 7) is 6.62. The van der Waals surface area contributed by atoms with Gasteiger partial charge in [-0.2, -0.15) is 13.2 Å². The number of aliphatic hydroxyl groups is 1. The van der Waals surface area contributed by atoms with Crippen LogP contribution in [0.1, 0.15) is 68.5 Å². The first kappa shape index (κ1) is 34.5. The van der Waals surface area contributed by atoms with Gasteiger partial charge in [0.05, 0.1) is 32.4 Å². The molecule has 1 aromatic heterocycles. The molecule has 0 radical (unpaired) electrons. The lowest BCUT2D eigenvalue weighted by Crippen LogP contribution is -2.21. The van der Waals surface area contributed by atoms with E-state index in [2.05, 4.69) is 4.98 Å². The SMILES string of the molecule is C1CC1.CC.COC(=O)C(C)Cc1ccc(C)c(OC(CO)c2ccc(-c3cc(OC)ccc3F)nc2C(F)(F)F)c1. The molecule has 1 aliphatic carbocycles. The quantitative estimate of drug-likeness (QED) is 0.201. The number of aryl methyl sites for hydroxylation is 1. The van der Waals surface area contributed by atoms with E-state index >= 15 is 0 Å². The second-order valence-corrected chi connectivity index (χ2v) is 9.56. The molecular formula is C32H39F4NO5. The molecule has 6 nitrogen and oxygen atoms in total. The summed E-state index contributed by atoms with van der Waals surface area (Å²) < 4.78 is 72.2. The predicted octanol–water partition coefficient (Wildman–Crippen LogP) is 7.88. The Labute approximate surface area is 244 Å². The normalized spacial score (nSPS) is 13.4. The Balaban J connectivity index is 0.00000113. The molecule has 1 heterocycles. The highest BCUT2D eigenvalue weighted by atomic mass is 19.4. The van der Waals surface area contributed by atoms with E-state index in [9.17, 15) is 27.5 Å². The Kier molecular flexibility index (Phi) is 13.2. The van der Waals surface area contributed by atoms with E-state index in [1.54, 1.807) is 32.0 Å². The van der Waals surface area contributed by atoms with Gasteiger partial charge in [-0.3, -0.25) is 4.79 Å². The third-order valence-electron chi connectivity index (χ3n) is 6.18. The van der Waals surface area contributed by atoms with Crippen molar-refractivity contribution in [2.24, 2.45) is 5.92 Å². The van der Waals surface area contributed by atoms with Crippen LogP contribution in [0.5, 0.6) is 11.5 Å². The van der Waals surface area contributed by atoms with Crippen molar-refractivity contribution < 1.29 is 41.7 Å². The zero-order chi connectivity index (χ0) is 31.4. The van der Waals surface area contributed by atoms with Crippen molar-refractivity contribution in [1.82, 2.24) is 4.98 Å². The van der Waals surface area contributed by atoms with Crippen LogP contribution < -0.4 is 9.47 Å². The maximum Gasteiger partial charge on any atom is 0.433 e. The van der Waals surface area contributed by atoms with Crippen LogP contribution in [0.4, 0.5) is 17.6 Å². The summed E-state index contributed by atoms with van der Waals surface area (Å²) in [5.41, 5.74) is -0.813. The van der Waals surface area contributed by atoms with Crippen molar-refractivity contribution in [3.05, 3.63) is 76.7 Å². The number of esters is 1. The second-order valence-electron chi connectivity index (χ2n) is 9.56. The number of halogens is 4. The van der Waals surface area contributed by atoms with E-state index in [-0.39, 0.29) is 22.8 Å².